The van der Waals surface area contributed by atoms with Gasteiger partial charge in [0.1, 0.15) is 0 Å². The van der Waals surface area contributed by atoms with Crippen molar-refractivity contribution in [1.29, 1.82) is 0 Å². The highest BCUT2D eigenvalue weighted by Gasteiger charge is 2.30. The van der Waals surface area contributed by atoms with Gasteiger partial charge in [0, 0.05) is 31.0 Å². The van der Waals surface area contributed by atoms with Gasteiger partial charge < -0.3 is 10.0 Å². The second-order valence-electron chi connectivity index (χ2n) is 3.27. The van der Waals surface area contributed by atoms with E-state index >= 15 is 0 Å². The predicted molar refractivity (Wildman–Crippen MR) is 50.8 cm³/mol. The van der Waals surface area contributed by atoms with Crippen molar-refractivity contribution in [2.24, 2.45) is 5.92 Å². The zero-order valence-corrected chi connectivity index (χ0v) is 7.96. The Bertz CT molecular complexity index is 291. The highest BCUT2D eigenvalue weighted by Crippen LogP contribution is 2.19. The Kier molecular flexibility index (Phi) is 2.33. The van der Waals surface area contributed by atoms with E-state index in [1.54, 1.807) is 4.90 Å². The molecule has 13 heavy (non-hydrogen) atoms. The second-order valence-corrected chi connectivity index (χ2v) is 4.05. The Morgan fingerprint density at radius 1 is 1.69 bits per heavy atom. The Morgan fingerprint density at radius 2 is 2.46 bits per heavy atom. The normalized spacial score (nSPS) is 17.2. The average molecular weight is 197 g/mol. The summed E-state index contributed by atoms with van der Waals surface area (Å²) < 4.78 is 0. The number of nitrogens with zero attached hydrogens (tertiary/aromatic N) is 1. The summed E-state index contributed by atoms with van der Waals surface area (Å²) in [4.78, 5) is 13.4. The lowest BCUT2D eigenvalue weighted by Crippen LogP contribution is -2.51. The molecule has 1 aromatic rings. The van der Waals surface area contributed by atoms with Crippen LogP contribution in [0.25, 0.3) is 0 Å². The van der Waals surface area contributed by atoms with Crippen LogP contribution in [0.2, 0.25) is 0 Å². The van der Waals surface area contributed by atoms with E-state index in [1.807, 2.05) is 16.8 Å². The molecule has 2 rings (SSSR count). The number of hydrogen-bond donors (Lipinski definition) is 1. The monoisotopic (exact) mass is 197 g/mol. The number of aliphatic hydroxyl groups is 1. The molecule has 0 spiro atoms. The van der Waals surface area contributed by atoms with E-state index in [1.165, 1.54) is 11.3 Å². The largest absolute Gasteiger partial charge is 0.396 e. The molecular formula is C9H11NO2S. The lowest BCUT2D eigenvalue weighted by Gasteiger charge is -2.38. The van der Waals surface area contributed by atoms with Gasteiger partial charge in [-0.25, -0.2) is 0 Å². The Labute approximate surface area is 80.6 Å². The maximum Gasteiger partial charge on any atom is 0.254 e. The maximum atomic E-state index is 11.6. The highest BCUT2D eigenvalue weighted by molar-refractivity contribution is 7.08. The minimum absolute atomic E-state index is 0.0888. The predicted octanol–water partition coefficient (Wildman–Crippen LogP) is 0.812. The summed E-state index contributed by atoms with van der Waals surface area (Å²) in [5, 5.41) is 12.5. The van der Waals surface area contributed by atoms with Crippen LogP contribution in [0.5, 0.6) is 0 Å². The van der Waals surface area contributed by atoms with Gasteiger partial charge in [0.15, 0.2) is 0 Å². The molecule has 2 heterocycles. The van der Waals surface area contributed by atoms with Gasteiger partial charge in [-0.3, -0.25) is 4.79 Å². The van der Waals surface area contributed by atoms with Crippen LogP contribution in [-0.4, -0.2) is 35.6 Å². The van der Waals surface area contributed by atoms with Gasteiger partial charge in [-0.15, -0.1) is 0 Å². The zero-order valence-electron chi connectivity index (χ0n) is 7.14. The third kappa shape index (κ3) is 1.59. The summed E-state index contributed by atoms with van der Waals surface area (Å²) >= 11 is 1.53. The van der Waals surface area contributed by atoms with E-state index in [0.29, 0.717) is 19.0 Å². The Morgan fingerprint density at radius 3 is 3.00 bits per heavy atom. The standard InChI is InChI=1S/C9H11NO2S/c11-5-7-3-10(4-7)9(12)8-1-2-13-6-8/h1-2,6-7,11H,3-5H2. The molecule has 0 aliphatic carbocycles. The van der Waals surface area contributed by atoms with Crippen LogP contribution in [0, 0.1) is 5.92 Å². The van der Waals surface area contributed by atoms with Crippen molar-refractivity contribution in [3.8, 4) is 0 Å². The van der Waals surface area contributed by atoms with Gasteiger partial charge in [0.2, 0.25) is 0 Å². The van der Waals surface area contributed by atoms with Crippen molar-refractivity contribution < 1.29 is 9.90 Å². The number of rotatable bonds is 2. The van der Waals surface area contributed by atoms with E-state index in [9.17, 15) is 4.79 Å². The van der Waals surface area contributed by atoms with Crippen molar-refractivity contribution >= 4 is 17.2 Å². The first-order chi connectivity index (χ1) is 6.31. The van der Waals surface area contributed by atoms with Gasteiger partial charge in [-0.1, -0.05) is 0 Å². The first-order valence-electron chi connectivity index (χ1n) is 4.23. The summed E-state index contributed by atoms with van der Waals surface area (Å²) in [6, 6.07) is 1.83. The summed E-state index contributed by atoms with van der Waals surface area (Å²) in [5.41, 5.74) is 0.765. The number of amides is 1. The van der Waals surface area contributed by atoms with Crippen molar-refractivity contribution in [2.75, 3.05) is 19.7 Å². The number of aliphatic hydroxyl groups excluding tert-OH is 1. The second kappa shape index (κ2) is 3.47. The molecule has 1 N–H and O–H groups in total. The molecule has 0 atom stereocenters. The third-order valence-electron chi connectivity index (χ3n) is 2.27. The first kappa shape index (κ1) is 8.72. The number of hydrogen-bond acceptors (Lipinski definition) is 3. The molecule has 1 aliphatic rings. The molecule has 4 heteroatoms. The molecule has 1 saturated heterocycles. The topological polar surface area (TPSA) is 40.5 Å². The summed E-state index contributed by atoms with van der Waals surface area (Å²) in [7, 11) is 0. The van der Waals surface area contributed by atoms with E-state index < -0.39 is 0 Å². The number of carbonyl (C=O) groups is 1. The minimum atomic E-state index is 0.0888. The molecule has 0 radical (unpaired) electrons. The van der Waals surface area contributed by atoms with Gasteiger partial charge >= 0.3 is 0 Å². The Balaban J connectivity index is 1.94. The van der Waals surface area contributed by atoms with Gasteiger partial charge in [-0.05, 0) is 11.4 Å². The third-order valence-corrected chi connectivity index (χ3v) is 2.95. The van der Waals surface area contributed by atoms with Gasteiger partial charge in [0.25, 0.3) is 5.91 Å². The van der Waals surface area contributed by atoms with Crippen LogP contribution in [0.1, 0.15) is 10.4 Å². The number of carbonyl (C=O) groups excluding carboxylic acids is 1. The van der Waals surface area contributed by atoms with Crippen molar-refractivity contribution in [3.63, 3.8) is 0 Å². The highest BCUT2D eigenvalue weighted by atomic mass is 32.1. The van der Waals surface area contributed by atoms with E-state index in [2.05, 4.69) is 0 Å². The fourth-order valence-corrected chi connectivity index (χ4v) is 2.05. The van der Waals surface area contributed by atoms with Gasteiger partial charge in [-0.2, -0.15) is 11.3 Å². The Hall–Kier alpha value is -0.870. The van der Waals surface area contributed by atoms with Crippen molar-refractivity contribution in [1.82, 2.24) is 4.90 Å². The molecule has 1 aromatic heterocycles. The molecule has 70 valence electrons. The molecule has 0 saturated carbocycles. The molecule has 0 aromatic carbocycles. The number of likely N-dealkylation sites (tertiary alicyclic amines) is 1. The maximum absolute atomic E-state index is 11.6. The lowest BCUT2D eigenvalue weighted by atomic mass is 10.0. The molecule has 1 amide bonds. The van der Waals surface area contributed by atoms with Crippen LogP contribution >= 0.6 is 11.3 Å². The molecule has 1 fully saturated rings. The molecular weight excluding hydrogens is 186 g/mol. The van der Waals surface area contributed by atoms with Gasteiger partial charge in [0.05, 0.1) is 5.56 Å². The fourth-order valence-electron chi connectivity index (χ4n) is 1.42. The molecule has 0 bridgehead atoms. The van der Waals surface area contributed by atoms with Crippen LogP contribution < -0.4 is 0 Å². The first-order valence-corrected chi connectivity index (χ1v) is 5.18. The smallest absolute Gasteiger partial charge is 0.254 e. The zero-order chi connectivity index (χ0) is 9.26. The minimum Gasteiger partial charge on any atom is -0.396 e. The molecule has 0 unspecified atom stereocenters. The molecule has 3 nitrogen and oxygen atoms in total. The van der Waals surface area contributed by atoms with E-state index in [-0.39, 0.29) is 12.5 Å². The number of thiophene rings is 1. The quantitative estimate of drug-likeness (QED) is 0.762. The van der Waals surface area contributed by atoms with E-state index in [4.69, 9.17) is 5.11 Å². The summed E-state index contributed by atoms with van der Waals surface area (Å²) in [5.74, 6) is 0.383. The molecule has 1 aliphatic heterocycles. The van der Waals surface area contributed by atoms with Crippen molar-refractivity contribution in [3.05, 3.63) is 22.4 Å². The van der Waals surface area contributed by atoms with Crippen LogP contribution in [0.15, 0.2) is 16.8 Å². The lowest BCUT2D eigenvalue weighted by molar-refractivity contribution is 0.0362. The van der Waals surface area contributed by atoms with Crippen molar-refractivity contribution in [2.45, 2.75) is 0 Å². The van der Waals surface area contributed by atoms with Crippen LogP contribution in [0.4, 0.5) is 0 Å². The van der Waals surface area contributed by atoms with E-state index in [0.717, 1.165) is 5.56 Å². The summed E-state index contributed by atoms with van der Waals surface area (Å²) in [6.07, 6.45) is 0. The average Bonchev–Trinajstić information content (AvgIpc) is 2.53. The van der Waals surface area contributed by atoms with Crippen LogP contribution in [-0.2, 0) is 0 Å². The van der Waals surface area contributed by atoms with Crippen LogP contribution in [0.3, 0.4) is 0 Å². The fraction of sp³-hybridized carbons (Fsp3) is 0.444. The SMILES string of the molecule is O=C(c1ccsc1)N1CC(CO)C1. The summed E-state index contributed by atoms with van der Waals surface area (Å²) in [6.45, 7) is 1.59.